The Morgan fingerprint density at radius 3 is 2.80 bits per heavy atom. The first-order chi connectivity index (χ1) is 9.79. The van der Waals surface area contributed by atoms with Gasteiger partial charge in [-0.05, 0) is 68.4 Å². The van der Waals surface area contributed by atoms with Crippen molar-refractivity contribution in [2.45, 2.75) is 63.6 Å². The van der Waals surface area contributed by atoms with Crippen molar-refractivity contribution in [2.75, 3.05) is 6.61 Å². The maximum absolute atomic E-state index is 10.6. The van der Waals surface area contributed by atoms with E-state index in [1.54, 1.807) is 0 Å². The third-order valence-corrected chi connectivity index (χ3v) is 4.84. The van der Waals surface area contributed by atoms with E-state index in [1.807, 2.05) is 6.92 Å². The first-order valence-corrected chi connectivity index (χ1v) is 8.17. The molecule has 0 heterocycles. The number of hydrogen-bond acceptors (Lipinski definition) is 2. The van der Waals surface area contributed by atoms with Crippen molar-refractivity contribution in [1.82, 2.24) is 0 Å². The summed E-state index contributed by atoms with van der Waals surface area (Å²) in [6.07, 6.45) is 6.71. The summed E-state index contributed by atoms with van der Waals surface area (Å²) < 4.78 is 5.81. The van der Waals surface area contributed by atoms with Gasteiger partial charge in [0.1, 0.15) is 0 Å². The predicted octanol–water partition coefficient (Wildman–Crippen LogP) is 3.67. The molecule has 1 N–H and O–H groups in total. The van der Waals surface area contributed by atoms with Crippen LogP contribution < -0.4 is 0 Å². The van der Waals surface area contributed by atoms with Gasteiger partial charge in [-0.3, -0.25) is 0 Å². The summed E-state index contributed by atoms with van der Waals surface area (Å²) in [6.45, 7) is 2.73. The van der Waals surface area contributed by atoms with Crippen molar-refractivity contribution in [3.8, 4) is 0 Å². The van der Waals surface area contributed by atoms with Crippen LogP contribution in [0.1, 0.15) is 56.1 Å². The van der Waals surface area contributed by atoms with E-state index >= 15 is 0 Å². The van der Waals surface area contributed by atoms with Gasteiger partial charge in [0.25, 0.3) is 0 Å². The van der Waals surface area contributed by atoms with Crippen LogP contribution >= 0.6 is 0 Å². The van der Waals surface area contributed by atoms with Gasteiger partial charge < -0.3 is 9.84 Å². The van der Waals surface area contributed by atoms with E-state index in [4.69, 9.17) is 4.74 Å². The molecule has 1 aromatic carbocycles. The van der Waals surface area contributed by atoms with Gasteiger partial charge in [-0.1, -0.05) is 24.3 Å². The zero-order valence-electron chi connectivity index (χ0n) is 12.4. The SMILES string of the molecule is CCOC(C(O)CC1CCCc2ccccc21)C1CC1. The number of benzene rings is 1. The number of aliphatic hydroxyl groups is 1. The number of rotatable bonds is 6. The summed E-state index contributed by atoms with van der Waals surface area (Å²) in [5.41, 5.74) is 2.94. The van der Waals surface area contributed by atoms with E-state index in [1.165, 1.54) is 43.2 Å². The smallest absolute Gasteiger partial charge is 0.0862 e. The van der Waals surface area contributed by atoms with Crippen LogP contribution in [0.3, 0.4) is 0 Å². The molecule has 1 fully saturated rings. The number of fused-ring (bicyclic) bond motifs is 1. The van der Waals surface area contributed by atoms with Crippen LogP contribution in [0.2, 0.25) is 0 Å². The lowest BCUT2D eigenvalue weighted by Crippen LogP contribution is -2.33. The zero-order chi connectivity index (χ0) is 13.9. The Morgan fingerprint density at radius 2 is 2.05 bits per heavy atom. The normalized spacial score (nSPS) is 25.0. The molecule has 3 unspecified atom stereocenters. The van der Waals surface area contributed by atoms with E-state index in [2.05, 4.69) is 24.3 Å². The van der Waals surface area contributed by atoms with Gasteiger partial charge in [-0.15, -0.1) is 0 Å². The molecule has 0 aromatic heterocycles. The van der Waals surface area contributed by atoms with Crippen LogP contribution in [0, 0.1) is 5.92 Å². The Labute approximate surface area is 122 Å². The highest BCUT2D eigenvalue weighted by Gasteiger charge is 2.37. The van der Waals surface area contributed by atoms with Crippen molar-refractivity contribution in [2.24, 2.45) is 5.92 Å². The minimum Gasteiger partial charge on any atom is -0.390 e. The summed E-state index contributed by atoms with van der Waals surface area (Å²) in [6, 6.07) is 8.75. The molecule has 2 heteroatoms. The monoisotopic (exact) mass is 274 g/mol. The lowest BCUT2D eigenvalue weighted by molar-refractivity contribution is -0.0505. The lowest BCUT2D eigenvalue weighted by atomic mass is 9.79. The Bertz CT molecular complexity index is 439. The molecular weight excluding hydrogens is 248 g/mol. The third-order valence-electron chi connectivity index (χ3n) is 4.84. The fourth-order valence-corrected chi connectivity index (χ4v) is 3.70. The highest BCUT2D eigenvalue weighted by Crippen LogP contribution is 2.40. The van der Waals surface area contributed by atoms with Gasteiger partial charge in [-0.2, -0.15) is 0 Å². The first-order valence-electron chi connectivity index (χ1n) is 8.17. The second-order valence-electron chi connectivity index (χ2n) is 6.35. The van der Waals surface area contributed by atoms with Crippen molar-refractivity contribution in [3.63, 3.8) is 0 Å². The summed E-state index contributed by atoms with van der Waals surface area (Å²) in [5, 5.41) is 10.6. The van der Waals surface area contributed by atoms with Gasteiger partial charge >= 0.3 is 0 Å². The van der Waals surface area contributed by atoms with Crippen LogP contribution in [0.15, 0.2) is 24.3 Å². The molecule has 0 spiro atoms. The summed E-state index contributed by atoms with van der Waals surface area (Å²) >= 11 is 0. The van der Waals surface area contributed by atoms with Gasteiger partial charge in [0.05, 0.1) is 12.2 Å². The quantitative estimate of drug-likeness (QED) is 0.857. The van der Waals surface area contributed by atoms with Gasteiger partial charge in [0.2, 0.25) is 0 Å². The van der Waals surface area contributed by atoms with E-state index in [0.717, 1.165) is 6.42 Å². The molecule has 1 saturated carbocycles. The fraction of sp³-hybridized carbons (Fsp3) is 0.667. The number of aliphatic hydroxyl groups excluding tert-OH is 1. The maximum atomic E-state index is 10.6. The Morgan fingerprint density at radius 1 is 1.25 bits per heavy atom. The van der Waals surface area contributed by atoms with Crippen LogP contribution in [0.4, 0.5) is 0 Å². The number of ether oxygens (including phenoxy) is 1. The van der Waals surface area contributed by atoms with E-state index in [9.17, 15) is 5.11 Å². The first kappa shape index (κ1) is 14.1. The second kappa shape index (κ2) is 6.28. The molecule has 0 aliphatic heterocycles. The molecule has 0 amide bonds. The molecule has 2 nitrogen and oxygen atoms in total. The zero-order valence-corrected chi connectivity index (χ0v) is 12.4. The Kier molecular flexibility index (Phi) is 4.42. The van der Waals surface area contributed by atoms with Crippen molar-refractivity contribution >= 4 is 0 Å². The molecule has 1 aromatic rings. The average molecular weight is 274 g/mol. The number of hydrogen-bond donors (Lipinski definition) is 1. The van der Waals surface area contributed by atoms with Crippen molar-refractivity contribution < 1.29 is 9.84 Å². The van der Waals surface area contributed by atoms with E-state index in [0.29, 0.717) is 18.4 Å². The molecule has 0 radical (unpaired) electrons. The standard InChI is InChI=1S/C18H26O2/c1-2-20-18(14-10-11-14)17(19)12-15-8-5-7-13-6-3-4-9-16(13)15/h3-4,6,9,14-15,17-19H,2,5,7-8,10-12H2,1H3. The van der Waals surface area contributed by atoms with Gasteiger partial charge in [-0.25, -0.2) is 0 Å². The predicted molar refractivity (Wildman–Crippen MR) is 80.9 cm³/mol. The molecule has 3 atom stereocenters. The van der Waals surface area contributed by atoms with Crippen molar-refractivity contribution in [1.29, 1.82) is 0 Å². The maximum Gasteiger partial charge on any atom is 0.0862 e. The molecule has 2 aliphatic rings. The van der Waals surface area contributed by atoms with E-state index < -0.39 is 0 Å². The second-order valence-corrected chi connectivity index (χ2v) is 6.35. The minimum atomic E-state index is -0.307. The molecule has 3 rings (SSSR count). The summed E-state index contributed by atoms with van der Waals surface area (Å²) in [5.74, 6) is 1.11. The minimum absolute atomic E-state index is 0.0640. The molecule has 2 aliphatic carbocycles. The van der Waals surface area contributed by atoms with Crippen LogP contribution in [-0.2, 0) is 11.2 Å². The molecule has 0 bridgehead atoms. The van der Waals surface area contributed by atoms with Crippen LogP contribution in [0.25, 0.3) is 0 Å². The molecule has 0 saturated heterocycles. The molecule has 20 heavy (non-hydrogen) atoms. The summed E-state index contributed by atoms with van der Waals surface area (Å²) in [4.78, 5) is 0. The fourth-order valence-electron chi connectivity index (χ4n) is 3.70. The van der Waals surface area contributed by atoms with Gasteiger partial charge in [0, 0.05) is 6.61 Å². The number of aryl methyl sites for hydroxylation is 1. The lowest BCUT2D eigenvalue weighted by Gasteiger charge is -2.30. The van der Waals surface area contributed by atoms with Gasteiger partial charge in [0.15, 0.2) is 0 Å². The Balaban J connectivity index is 1.68. The van der Waals surface area contributed by atoms with Crippen LogP contribution in [0.5, 0.6) is 0 Å². The average Bonchev–Trinajstić information content (AvgIpc) is 3.29. The highest BCUT2D eigenvalue weighted by atomic mass is 16.5. The molecular formula is C18H26O2. The summed E-state index contributed by atoms with van der Waals surface area (Å²) in [7, 11) is 0. The third kappa shape index (κ3) is 3.07. The van der Waals surface area contributed by atoms with E-state index in [-0.39, 0.29) is 12.2 Å². The van der Waals surface area contributed by atoms with Crippen LogP contribution in [-0.4, -0.2) is 23.9 Å². The largest absolute Gasteiger partial charge is 0.390 e. The van der Waals surface area contributed by atoms with Crippen molar-refractivity contribution in [3.05, 3.63) is 35.4 Å². The highest BCUT2D eigenvalue weighted by molar-refractivity contribution is 5.32. The molecule has 110 valence electrons. The topological polar surface area (TPSA) is 29.5 Å². The Hall–Kier alpha value is -0.860.